The van der Waals surface area contributed by atoms with Gasteiger partial charge in [-0.3, -0.25) is 18.6 Å². The molecular formula is C76H140N2O7P+. The first-order valence-corrected chi connectivity index (χ1v) is 37.9. The summed E-state index contributed by atoms with van der Waals surface area (Å²) in [5, 5.41) is 3.06. The van der Waals surface area contributed by atoms with Gasteiger partial charge in [0, 0.05) is 12.8 Å². The summed E-state index contributed by atoms with van der Waals surface area (Å²) in [6.07, 6.45) is 87.5. The predicted molar refractivity (Wildman–Crippen MR) is 374 cm³/mol. The maximum Gasteiger partial charge on any atom is 0.472 e. The molecule has 2 N–H and O–H groups in total. The van der Waals surface area contributed by atoms with Crippen LogP contribution in [0.5, 0.6) is 0 Å². The highest BCUT2D eigenvalue weighted by Crippen LogP contribution is 2.43. The molecule has 0 aliphatic rings. The molecule has 0 saturated heterocycles. The van der Waals surface area contributed by atoms with Crippen LogP contribution >= 0.6 is 7.82 Å². The van der Waals surface area contributed by atoms with Crippen LogP contribution in [0.15, 0.2) is 85.1 Å². The molecule has 10 heteroatoms. The van der Waals surface area contributed by atoms with E-state index in [0.29, 0.717) is 17.4 Å². The number of quaternary nitrogens is 1. The minimum absolute atomic E-state index is 0.0340. The highest BCUT2D eigenvalue weighted by atomic mass is 31.2. The molecule has 0 aromatic heterocycles. The summed E-state index contributed by atoms with van der Waals surface area (Å²) in [4.78, 5) is 37.9. The number of nitrogens with one attached hydrogen (secondary N) is 1. The monoisotopic (exact) mass is 1220 g/mol. The summed E-state index contributed by atoms with van der Waals surface area (Å²) < 4.78 is 30.8. The van der Waals surface area contributed by atoms with E-state index < -0.39 is 20.0 Å². The molecule has 86 heavy (non-hydrogen) atoms. The zero-order valence-corrected chi connectivity index (χ0v) is 58.2. The Morgan fingerprint density at radius 1 is 0.419 bits per heavy atom. The molecule has 0 aliphatic heterocycles. The third-order valence-electron chi connectivity index (χ3n) is 16.1. The van der Waals surface area contributed by atoms with Gasteiger partial charge in [-0.15, -0.1) is 0 Å². The molecule has 1 amide bonds. The second-order valence-corrected chi connectivity index (χ2v) is 27.2. The van der Waals surface area contributed by atoms with E-state index in [1.807, 2.05) is 33.3 Å². The molecule has 0 aromatic rings. The third kappa shape index (κ3) is 65.6. The molecule has 3 unspecified atom stereocenters. The summed E-state index contributed by atoms with van der Waals surface area (Å²) >= 11 is 0. The van der Waals surface area contributed by atoms with E-state index in [0.717, 1.165) is 109 Å². The number of unbranched alkanes of at least 4 members (excludes halogenated alkanes) is 38. The number of hydrogen-bond donors (Lipinski definition) is 2. The van der Waals surface area contributed by atoms with Gasteiger partial charge in [0.2, 0.25) is 5.91 Å². The first-order valence-electron chi connectivity index (χ1n) is 36.4. The maximum atomic E-state index is 13.6. The van der Waals surface area contributed by atoms with E-state index >= 15 is 0 Å². The molecular weight excluding hydrogens is 1080 g/mol. The van der Waals surface area contributed by atoms with Gasteiger partial charge in [0.15, 0.2) is 0 Å². The number of hydrogen-bond acceptors (Lipinski definition) is 6. The van der Waals surface area contributed by atoms with Gasteiger partial charge < -0.3 is 19.4 Å². The van der Waals surface area contributed by atoms with Crippen LogP contribution in [0.2, 0.25) is 0 Å². The largest absolute Gasteiger partial charge is 0.472 e. The molecule has 0 bridgehead atoms. The molecule has 0 radical (unpaired) electrons. The van der Waals surface area contributed by atoms with Crippen LogP contribution in [0.1, 0.15) is 335 Å². The van der Waals surface area contributed by atoms with Crippen LogP contribution < -0.4 is 5.32 Å². The second-order valence-electron chi connectivity index (χ2n) is 25.7. The first kappa shape index (κ1) is 83.2. The standard InChI is InChI=1S/C76H139N2O7P/c1-7-10-13-16-19-22-25-28-30-32-34-36-37-38-39-40-41-43-45-47-49-51-54-57-60-63-66-69-76(80)85-74(67-64-61-58-55-52-27-24-21-18-15-12-9-3)73(72-84-86(81,82)83-71-70-78(4,5)6)77-75(79)68-65-62-59-56-53-50-48-46-44-42-35-33-31-29-26-23-20-17-14-11-8-2/h11,14,20,23,28-31,35,42,46,48,64,67,73-74H,7-10,12-13,15-19,21-22,24-27,32-34,36-41,43-45,47,49-63,65-66,68-72H2,1-6H3,(H-,77,79,81,82)/p+1/b14-11-,23-20-,30-28+,31-29-,42-35-,48-46-,67-64-. The summed E-state index contributed by atoms with van der Waals surface area (Å²) in [7, 11) is 1.48. The smallest absolute Gasteiger partial charge is 0.456 e. The number of likely N-dealkylation sites (N-methyl/N-ethyl adjacent to an activating group) is 1. The molecule has 0 aromatic carbocycles. The number of rotatable bonds is 66. The van der Waals surface area contributed by atoms with Crippen molar-refractivity contribution in [3.63, 3.8) is 0 Å². The SMILES string of the molecule is CC/C=C\C/C=C\C/C=C\C/C=C\C/C=C\CCCCCCCC(=O)NC(COP(=O)(O)OCC[N+](C)(C)C)C(/C=C\CCCCCCCCCCCC)OC(=O)CCCCCCCCCCCCCCCCCCC/C=C/CCCCCCCC. The topological polar surface area (TPSA) is 111 Å². The van der Waals surface area contributed by atoms with Crippen molar-refractivity contribution < 1.29 is 37.3 Å². The van der Waals surface area contributed by atoms with Gasteiger partial charge >= 0.3 is 13.8 Å². The molecule has 9 nitrogen and oxygen atoms in total. The number of phosphoric acid groups is 1. The van der Waals surface area contributed by atoms with Gasteiger partial charge in [0.25, 0.3) is 0 Å². The number of allylic oxidation sites excluding steroid dienone is 13. The lowest BCUT2D eigenvalue weighted by molar-refractivity contribution is -0.870. The van der Waals surface area contributed by atoms with Crippen LogP contribution in [0.3, 0.4) is 0 Å². The molecule has 0 aliphatic carbocycles. The fraction of sp³-hybridized carbons (Fsp3) is 0.789. The molecule has 0 fully saturated rings. The predicted octanol–water partition coefficient (Wildman–Crippen LogP) is 23.3. The van der Waals surface area contributed by atoms with Gasteiger partial charge in [-0.05, 0) is 102 Å². The minimum Gasteiger partial charge on any atom is -0.456 e. The summed E-state index contributed by atoms with van der Waals surface area (Å²) in [5.74, 6) is -0.518. The maximum absolute atomic E-state index is 13.6. The molecule has 3 atom stereocenters. The Morgan fingerprint density at radius 3 is 1.13 bits per heavy atom. The van der Waals surface area contributed by atoms with Crippen molar-refractivity contribution in [2.75, 3.05) is 40.9 Å². The van der Waals surface area contributed by atoms with E-state index in [1.54, 1.807) is 0 Å². The van der Waals surface area contributed by atoms with Gasteiger partial charge in [0.1, 0.15) is 19.3 Å². The Hall–Kier alpha value is -2.81. The first-order chi connectivity index (χ1) is 41.9. The van der Waals surface area contributed by atoms with Crippen molar-refractivity contribution in [1.29, 1.82) is 0 Å². The zero-order valence-electron chi connectivity index (χ0n) is 57.3. The van der Waals surface area contributed by atoms with E-state index in [1.165, 1.54) is 193 Å². The summed E-state index contributed by atoms with van der Waals surface area (Å²) in [5.41, 5.74) is 0. The van der Waals surface area contributed by atoms with Crippen molar-refractivity contribution in [2.45, 2.75) is 348 Å². The number of amides is 1. The van der Waals surface area contributed by atoms with Gasteiger partial charge in [0.05, 0.1) is 33.8 Å². The second kappa shape index (κ2) is 65.2. The Labute approximate surface area is 533 Å². The van der Waals surface area contributed by atoms with Crippen molar-refractivity contribution in [3.05, 3.63) is 85.1 Å². The average Bonchev–Trinajstić information content (AvgIpc) is 3.66. The number of carbonyl (C=O) groups is 2. The van der Waals surface area contributed by atoms with E-state index in [2.05, 4.69) is 99.0 Å². The number of ether oxygens (including phenoxy) is 1. The Balaban J connectivity index is 5.04. The molecule has 500 valence electrons. The Morgan fingerprint density at radius 2 is 0.744 bits per heavy atom. The van der Waals surface area contributed by atoms with E-state index in [4.69, 9.17) is 13.8 Å². The van der Waals surface area contributed by atoms with Crippen LogP contribution in [0.4, 0.5) is 0 Å². The Kier molecular flexibility index (Phi) is 63.0. The lowest BCUT2D eigenvalue weighted by Crippen LogP contribution is -2.47. The highest BCUT2D eigenvalue weighted by molar-refractivity contribution is 7.47. The Bertz CT molecular complexity index is 1750. The average molecular weight is 1220 g/mol. The number of phosphoric ester groups is 1. The quantitative estimate of drug-likeness (QED) is 0.0205. The minimum atomic E-state index is -4.46. The van der Waals surface area contributed by atoms with E-state index in [9.17, 15) is 19.0 Å². The van der Waals surface area contributed by atoms with Crippen LogP contribution in [-0.4, -0.2) is 74.3 Å². The number of esters is 1. The van der Waals surface area contributed by atoms with Crippen molar-refractivity contribution in [3.8, 4) is 0 Å². The molecule has 0 spiro atoms. The van der Waals surface area contributed by atoms with Crippen molar-refractivity contribution in [2.24, 2.45) is 0 Å². The fourth-order valence-electron chi connectivity index (χ4n) is 10.5. The van der Waals surface area contributed by atoms with Crippen molar-refractivity contribution in [1.82, 2.24) is 5.32 Å². The van der Waals surface area contributed by atoms with E-state index in [-0.39, 0.29) is 31.5 Å². The lowest BCUT2D eigenvalue weighted by Gasteiger charge is -2.27. The highest BCUT2D eigenvalue weighted by Gasteiger charge is 2.30. The molecule has 0 saturated carbocycles. The van der Waals surface area contributed by atoms with Crippen LogP contribution in [0.25, 0.3) is 0 Å². The summed E-state index contributed by atoms with van der Waals surface area (Å²) in [6.45, 7) is 6.91. The van der Waals surface area contributed by atoms with Crippen molar-refractivity contribution >= 4 is 19.7 Å². The van der Waals surface area contributed by atoms with Gasteiger partial charge in [-0.2, -0.15) is 0 Å². The molecule has 0 rings (SSSR count). The normalized spacial score (nSPS) is 14.0. The zero-order chi connectivity index (χ0) is 62.8. The molecule has 0 heterocycles. The number of carbonyl (C=O) groups excluding carboxylic acids is 2. The third-order valence-corrected chi connectivity index (χ3v) is 17.1. The van der Waals surface area contributed by atoms with Gasteiger partial charge in [-0.1, -0.05) is 305 Å². The lowest BCUT2D eigenvalue weighted by atomic mass is 10.0. The number of nitrogens with zero attached hydrogens (tertiary/aromatic N) is 1. The summed E-state index contributed by atoms with van der Waals surface area (Å²) in [6, 6.07) is -0.863. The van der Waals surface area contributed by atoms with Crippen LogP contribution in [-0.2, 0) is 27.9 Å². The fourth-order valence-corrected chi connectivity index (χ4v) is 11.2. The van der Waals surface area contributed by atoms with Gasteiger partial charge in [-0.25, -0.2) is 4.57 Å². The van der Waals surface area contributed by atoms with Crippen LogP contribution in [0, 0.1) is 0 Å².